The zero-order chi connectivity index (χ0) is 18.5. The van der Waals surface area contributed by atoms with Crippen molar-refractivity contribution in [1.82, 2.24) is 0 Å². The van der Waals surface area contributed by atoms with Crippen molar-refractivity contribution in [1.29, 1.82) is 0 Å². The van der Waals surface area contributed by atoms with Gasteiger partial charge in [0, 0.05) is 19.5 Å². The van der Waals surface area contributed by atoms with Gasteiger partial charge in [-0.3, -0.25) is 0 Å². The van der Waals surface area contributed by atoms with Crippen molar-refractivity contribution in [3.8, 4) is 0 Å². The van der Waals surface area contributed by atoms with Gasteiger partial charge in [0.25, 0.3) is 0 Å². The molecule has 0 aliphatic carbocycles. The Morgan fingerprint density at radius 2 is 1.54 bits per heavy atom. The van der Waals surface area contributed by atoms with Crippen molar-refractivity contribution in [3.63, 3.8) is 0 Å². The van der Waals surface area contributed by atoms with Gasteiger partial charge in [-0.05, 0) is 97.9 Å². The zero-order valence-corrected chi connectivity index (χ0v) is 18.8. The Bertz CT molecular complexity index is 778. The van der Waals surface area contributed by atoms with Crippen molar-refractivity contribution in [3.05, 3.63) is 66.2 Å². The number of hydrogen-bond donors (Lipinski definition) is 0. The third-order valence-electron chi connectivity index (χ3n) is 5.33. The molecule has 3 atom stereocenters. The SMILES string of the molecule is Cc1csc(C(CCC(C)c2cccs2)CCC(C)c2ccc(C)s2)c1. The first kappa shape index (κ1) is 19.9. The molecule has 0 aliphatic rings. The Balaban J connectivity index is 1.61. The predicted octanol–water partition coefficient (Wildman–Crippen LogP) is 8.74. The number of thiophene rings is 3. The van der Waals surface area contributed by atoms with E-state index in [2.05, 4.69) is 68.8 Å². The van der Waals surface area contributed by atoms with E-state index in [4.69, 9.17) is 0 Å². The molecule has 0 aromatic carbocycles. The molecule has 0 N–H and O–H groups in total. The predicted molar refractivity (Wildman–Crippen MR) is 120 cm³/mol. The first-order valence-corrected chi connectivity index (χ1v) is 12.2. The van der Waals surface area contributed by atoms with Crippen LogP contribution in [0.1, 0.15) is 82.4 Å². The van der Waals surface area contributed by atoms with Gasteiger partial charge in [0.1, 0.15) is 0 Å². The van der Waals surface area contributed by atoms with Crippen molar-refractivity contribution < 1.29 is 0 Å². The summed E-state index contributed by atoms with van der Waals surface area (Å²) >= 11 is 5.84. The second-order valence-corrected chi connectivity index (χ2v) is 10.9. The first-order valence-electron chi connectivity index (χ1n) is 9.67. The second-order valence-electron chi connectivity index (χ2n) is 7.64. The van der Waals surface area contributed by atoms with Crippen molar-refractivity contribution >= 4 is 34.0 Å². The third-order valence-corrected chi connectivity index (χ3v) is 8.87. The van der Waals surface area contributed by atoms with Crippen LogP contribution < -0.4 is 0 Å². The van der Waals surface area contributed by atoms with Crippen LogP contribution in [0.25, 0.3) is 0 Å². The van der Waals surface area contributed by atoms with Crippen LogP contribution in [0.5, 0.6) is 0 Å². The largest absolute Gasteiger partial charge is 0.149 e. The molecule has 3 unspecified atom stereocenters. The number of rotatable bonds is 9. The highest BCUT2D eigenvalue weighted by molar-refractivity contribution is 7.12. The molecular formula is C23H30S3. The van der Waals surface area contributed by atoms with Gasteiger partial charge in [-0.2, -0.15) is 0 Å². The van der Waals surface area contributed by atoms with Crippen LogP contribution in [0.3, 0.4) is 0 Å². The molecule has 3 heteroatoms. The van der Waals surface area contributed by atoms with Crippen LogP contribution in [-0.2, 0) is 0 Å². The van der Waals surface area contributed by atoms with Gasteiger partial charge in [0.2, 0.25) is 0 Å². The molecule has 0 nitrogen and oxygen atoms in total. The molecule has 140 valence electrons. The summed E-state index contributed by atoms with van der Waals surface area (Å²) in [5.41, 5.74) is 1.42. The van der Waals surface area contributed by atoms with Crippen molar-refractivity contribution in [2.45, 2.75) is 71.1 Å². The van der Waals surface area contributed by atoms with Gasteiger partial charge in [-0.1, -0.05) is 19.9 Å². The highest BCUT2D eigenvalue weighted by Gasteiger charge is 2.18. The summed E-state index contributed by atoms with van der Waals surface area (Å²) in [6.07, 6.45) is 5.17. The highest BCUT2D eigenvalue weighted by atomic mass is 32.1. The van der Waals surface area contributed by atoms with E-state index in [1.54, 1.807) is 9.75 Å². The van der Waals surface area contributed by atoms with Crippen molar-refractivity contribution in [2.75, 3.05) is 0 Å². The average molecular weight is 403 g/mol. The minimum absolute atomic E-state index is 0.673. The van der Waals surface area contributed by atoms with Crippen LogP contribution in [0.2, 0.25) is 0 Å². The van der Waals surface area contributed by atoms with Crippen LogP contribution in [0.15, 0.2) is 41.1 Å². The molecule has 0 saturated heterocycles. The molecule has 0 spiro atoms. The highest BCUT2D eigenvalue weighted by Crippen LogP contribution is 2.38. The van der Waals surface area contributed by atoms with Gasteiger partial charge in [-0.15, -0.1) is 34.0 Å². The second kappa shape index (κ2) is 9.34. The summed E-state index contributed by atoms with van der Waals surface area (Å²) in [5.74, 6) is 2.06. The lowest BCUT2D eigenvalue weighted by molar-refractivity contribution is 0.494. The van der Waals surface area contributed by atoms with E-state index < -0.39 is 0 Å². The van der Waals surface area contributed by atoms with E-state index >= 15 is 0 Å². The van der Waals surface area contributed by atoms with Crippen LogP contribution in [0.4, 0.5) is 0 Å². The number of aryl methyl sites for hydroxylation is 2. The van der Waals surface area contributed by atoms with Gasteiger partial charge >= 0.3 is 0 Å². The molecule has 3 aromatic heterocycles. The maximum absolute atomic E-state index is 2.42. The average Bonchev–Trinajstić information content (AvgIpc) is 3.36. The fraction of sp³-hybridized carbons (Fsp3) is 0.478. The van der Waals surface area contributed by atoms with Gasteiger partial charge in [0.05, 0.1) is 0 Å². The van der Waals surface area contributed by atoms with E-state index in [0.29, 0.717) is 17.8 Å². The lowest BCUT2D eigenvalue weighted by Crippen LogP contribution is -2.02. The monoisotopic (exact) mass is 402 g/mol. The van der Waals surface area contributed by atoms with Gasteiger partial charge < -0.3 is 0 Å². The van der Waals surface area contributed by atoms with Crippen LogP contribution in [0, 0.1) is 13.8 Å². The summed E-state index contributed by atoms with van der Waals surface area (Å²) in [4.78, 5) is 6.11. The van der Waals surface area contributed by atoms with Crippen LogP contribution in [-0.4, -0.2) is 0 Å². The molecule has 3 rings (SSSR count). The first-order chi connectivity index (χ1) is 12.5. The smallest absolute Gasteiger partial charge is 0.00789 e. The zero-order valence-electron chi connectivity index (χ0n) is 16.3. The Kier molecular flexibility index (Phi) is 7.13. The normalized spacial score (nSPS) is 15.1. The summed E-state index contributed by atoms with van der Waals surface area (Å²) in [7, 11) is 0. The molecule has 0 bridgehead atoms. The Labute approximate surface area is 170 Å². The van der Waals surface area contributed by atoms with E-state index in [9.17, 15) is 0 Å². The Morgan fingerprint density at radius 1 is 0.808 bits per heavy atom. The minimum atomic E-state index is 0.673. The molecular weight excluding hydrogens is 372 g/mol. The molecule has 0 saturated carbocycles. The summed E-state index contributed by atoms with van der Waals surface area (Å²) in [6.45, 7) is 9.22. The van der Waals surface area contributed by atoms with Gasteiger partial charge in [-0.25, -0.2) is 0 Å². The lowest BCUT2D eigenvalue weighted by atomic mass is 9.88. The van der Waals surface area contributed by atoms with Gasteiger partial charge in [0.15, 0.2) is 0 Å². The summed E-state index contributed by atoms with van der Waals surface area (Å²) < 4.78 is 0. The molecule has 0 aliphatic heterocycles. The van der Waals surface area contributed by atoms with Crippen molar-refractivity contribution in [2.24, 2.45) is 0 Å². The minimum Gasteiger partial charge on any atom is -0.149 e. The lowest BCUT2D eigenvalue weighted by Gasteiger charge is -2.20. The Hall–Kier alpha value is -0.900. The van der Waals surface area contributed by atoms with E-state index in [1.807, 2.05) is 34.0 Å². The number of hydrogen-bond acceptors (Lipinski definition) is 3. The van der Waals surface area contributed by atoms with E-state index in [-0.39, 0.29) is 0 Å². The third kappa shape index (κ3) is 5.31. The standard InChI is InChI=1S/C23H30S3/c1-16-14-23(25-15-16)20(10-7-17(2)21-6-5-13-24-21)11-8-18(3)22-12-9-19(4)26-22/h5-6,9,12-15,17-18,20H,7-8,10-11H2,1-4H3. The summed E-state index contributed by atoms with van der Waals surface area (Å²) in [6, 6.07) is 11.5. The van der Waals surface area contributed by atoms with E-state index in [1.165, 1.54) is 41.0 Å². The van der Waals surface area contributed by atoms with E-state index in [0.717, 1.165) is 0 Å². The molecule has 0 radical (unpaired) electrons. The molecule has 0 amide bonds. The molecule has 3 aromatic rings. The quantitative estimate of drug-likeness (QED) is 0.335. The molecule has 26 heavy (non-hydrogen) atoms. The molecule has 0 fully saturated rings. The topological polar surface area (TPSA) is 0 Å². The maximum atomic E-state index is 2.42. The van der Waals surface area contributed by atoms with Crippen LogP contribution >= 0.6 is 34.0 Å². The Morgan fingerprint density at radius 3 is 2.08 bits per heavy atom. The summed E-state index contributed by atoms with van der Waals surface area (Å²) in [5, 5.41) is 4.52. The fourth-order valence-electron chi connectivity index (χ4n) is 3.57. The maximum Gasteiger partial charge on any atom is 0.00789 e. The molecule has 3 heterocycles. The fourth-order valence-corrected chi connectivity index (χ4v) is 6.43.